The van der Waals surface area contributed by atoms with Crippen LogP contribution in [0, 0.1) is 0 Å². The van der Waals surface area contributed by atoms with Crippen molar-refractivity contribution < 1.29 is 24.2 Å². The van der Waals surface area contributed by atoms with E-state index in [1.165, 1.54) is 6.08 Å². The van der Waals surface area contributed by atoms with E-state index in [9.17, 15) is 19.5 Å². The van der Waals surface area contributed by atoms with Crippen LogP contribution in [0.15, 0.2) is 47.3 Å². The van der Waals surface area contributed by atoms with E-state index in [4.69, 9.17) is 9.47 Å². The molecule has 0 aliphatic carbocycles. The van der Waals surface area contributed by atoms with Gasteiger partial charge in [-0.05, 0) is 62.2 Å². The van der Waals surface area contributed by atoms with E-state index >= 15 is 0 Å². The second-order valence-corrected chi connectivity index (χ2v) is 8.37. The number of aromatic amines is 1. The number of fused-ring (bicyclic) bond motifs is 1. The lowest BCUT2D eigenvalue weighted by atomic mass is 10.0. The van der Waals surface area contributed by atoms with E-state index in [-0.39, 0.29) is 29.5 Å². The van der Waals surface area contributed by atoms with E-state index in [1.54, 1.807) is 61.4 Å². The highest BCUT2D eigenvalue weighted by Gasteiger charge is 2.25. The molecule has 1 aromatic heterocycles. The highest BCUT2D eigenvalue weighted by atomic mass is 16.6. The molecule has 10 nitrogen and oxygen atoms in total. The van der Waals surface area contributed by atoms with Crippen LogP contribution in [0.2, 0.25) is 0 Å². The summed E-state index contributed by atoms with van der Waals surface area (Å²) in [4.78, 5) is 45.9. The van der Waals surface area contributed by atoms with Gasteiger partial charge in [-0.3, -0.25) is 9.59 Å². The van der Waals surface area contributed by atoms with Crippen LogP contribution in [0.3, 0.4) is 0 Å². The van der Waals surface area contributed by atoms with E-state index in [1.807, 2.05) is 0 Å². The van der Waals surface area contributed by atoms with E-state index in [0.29, 0.717) is 60.4 Å². The van der Waals surface area contributed by atoms with Crippen LogP contribution in [0.25, 0.3) is 22.9 Å². The average Bonchev–Trinajstić information content (AvgIpc) is 2.89. The first-order valence-electron chi connectivity index (χ1n) is 11.7. The van der Waals surface area contributed by atoms with Gasteiger partial charge in [0.05, 0.1) is 24.8 Å². The monoisotopic (exact) mass is 492 g/mol. The van der Waals surface area contributed by atoms with Crippen LogP contribution in [-0.4, -0.2) is 64.8 Å². The molecule has 2 aromatic carbocycles. The van der Waals surface area contributed by atoms with Gasteiger partial charge in [-0.15, -0.1) is 0 Å². The Morgan fingerprint density at radius 2 is 1.86 bits per heavy atom. The predicted octanol–water partition coefficient (Wildman–Crippen LogP) is 3.34. The van der Waals surface area contributed by atoms with Gasteiger partial charge in [0.25, 0.3) is 11.5 Å². The van der Waals surface area contributed by atoms with Gasteiger partial charge in [0.15, 0.2) is 0 Å². The maximum atomic E-state index is 12.8. The summed E-state index contributed by atoms with van der Waals surface area (Å²) >= 11 is 0. The number of H-pyrrole nitrogens is 1. The van der Waals surface area contributed by atoms with Gasteiger partial charge in [0, 0.05) is 36.3 Å². The number of piperidine rings is 1. The van der Waals surface area contributed by atoms with Gasteiger partial charge in [0.2, 0.25) is 0 Å². The number of aromatic nitrogens is 2. The van der Waals surface area contributed by atoms with Crippen LogP contribution in [0.5, 0.6) is 5.75 Å². The molecule has 4 rings (SSSR count). The Kier molecular flexibility index (Phi) is 7.53. The lowest BCUT2D eigenvalue weighted by Crippen LogP contribution is -2.46. The summed E-state index contributed by atoms with van der Waals surface area (Å²) in [6.45, 7) is 3.12. The first kappa shape index (κ1) is 24.8. The maximum Gasteiger partial charge on any atom is 0.409 e. The number of methoxy groups -OCH3 is 1. The highest BCUT2D eigenvalue weighted by molar-refractivity contribution is 5.97. The van der Waals surface area contributed by atoms with Crippen molar-refractivity contribution >= 4 is 34.9 Å². The Bertz CT molecular complexity index is 1340. The minimum absolute atomic E-state index is 0.0429. The standard InChI is InChI=1S/C26H28N4O6/c1-3-36-26(34)30-12-10-18(11-13-30)27-24(32)17-6-9-20-21(14-17)29-25(33)22(28-20)15-23(31)16-4-7-19(35-2)8-5-16/h4-9,14-15,18,31H,3,10-13H2,1-2H3,(H,27,32)(H,29,33)/b23-15-. The lowest BCUT2D eigenvalue weighted by molar-refractivity contribution is 0.0860. The number of ether oxygens (including phenoxy) is 2. The number of hydrogen-bond acceptors (Lipinski definition) is 7. The molecule has 2 amide bonds. The van der Waals surface area contributed by atoms with Gasteiger partial charge in [-0.25, -0.2) is 9.78 Å². The summed E-state index contributed by atoms with van der Waals surface area (Å²) < 4.78 is 10.1. The smallest absolute Gasteiger partial charge is 0.409 e. The number of likely N-dealkylation sites (tertiary alicyclic amines) is 1. The molecular weight excluding hydrogens is 464 g/mol. The predicted molar refractivity (Wildman–Crippen MR) is 135 cm³/mol. The molecule has 3 aromatic rings. The molecular formula is C26H28N4O6. The number of hydrogen-bond donors (Lipinski definition) is 3. The zero-order valence-corrected chi connectivity index (χ0v) is 20.1. The second-order valence-electron chi connectivity index (χ2n) is 8.37. The maximum absolute atomic E-state index is 12.8. The summed E-state index contributed by atoms with van der Waals surface area (Å²) in [5.41, 5.74) is 1.33. The zero-order valence-electron chi connectivity index (χ0n) is 20.1. The molecule has 36 heavy (non-hydrogen) atoms. The number of carbonyl (C=O) groups excluding carboxylic acids is 2. The molecule has 3 N–H and O–H groups in total. The molecule has 1 aliphatic rings. The van der Waals surface area contributed by atoms with Crippen LogP contribution in [0.1, 0.15) is 41.4 Å². The van der Waals surface area contributed by atoms with Crippen molar-refractivity contribution in [2.75, 3.05) is 26.8 Å². The molecule has 0 radical (unpaired) electrons. The minimum Gasteiger partial charge on any atom is -0.507 e. The Labute approximate surface area is 207 Å². The van der Waals surface area contributed by atoms with Gasteiger partial charge < -0.3 is 29.8 Å². The first-order valence-corrected chi connectivity index (χ1v) is 11.7. The summed E-state index contributed by atoms with van der Waals surface area (Å²) in [6, 6.07) is 11.5. The zero-order chi connectivity index (χ0) is 25.7. The third-order valence-corrected chi connectivity index (χ3v) is 6.00. The number of aliphatic hydroxyl groups excluding tert-OH is 1. The molecule has 0 bridgehead atoms. The Balaban J connectivity index is 1.45. The van der Waals surface area contributed by atoms with Crippen LogP contribution in [0.4, 0.5) is 4.79 Å². The number of amides is 2. The van der Waals surface area contributed by atoms with Crippen molar-refractivity contribution in [2.45, 2.75) is 25.8 Å². The summed E-state index contributed by atoms with van der Waals surface area (Å²) in [6.07, 6.45) is 2.22. The van der Waals surface area contributed by atoms with Crippen LogP contribution < -0.4 is 15.6 Å². The minimum atomic E-state index is -0.494. The average molecular weight is 493 g/mol. The van der Waals surface area contributed by atoms with E-state index < -0.39 is 5.56 Å². The Morgan fingerprint density at radius 3 is 2.53 bits per heavy atom. The van der Waals surface area contributed by atoms with Gasteiger partial charge in [-0.1, -0.05) is 0 Å². The topological polar surface area (TPSA) is 134 Å². The normalized spacial score (nSPS) is 14.5. The molecule has 10 heteroatoms. The van der Waals surface area contributed by atoms with E-state index in [2.05, 4.69) is 15.3 Å². The molecule has 1 aliphatic heterocycles. The van der Waals surface area contributed by atoms with Crippen molar-refractivity contribution in [3.8, 4) is 5.75 Å². The molecule has 188 valence electrons. The quantitative estimate of drug-likeness (QED) is 0.449. The number of benzene rings is 2. The summed E-state index contributed by atoms with van der Waals surface area (Å²) in [7, 11) is 1.55. The number of nitrogens with one attached hydrogen (secondary N) is 2. The van der Waals surface area contributed by atoms with Crippen molar-refractivity contribution in [1.82, 2.24) is 20.2 Å². The van der Waals surface area contributed by atoms with Crippen molar-refractivity contribution in [1.29, 1.82) is 0 Å². The molecule has 0 spiro atoms. The largest absolute Gasteiger partial charge is 0.507 e. The van der Waals surface area contributed by atoms with E-state index in [0.717, 1.165) is 0 Å². The SMILES string of the molecule is CCOC(=O)N1CCC(NC(=O)c2ccc3nc(/C=C(\O)c4ccc(OC)cc4)c(=O)[nH]c3c2)CC1. The van der Waals surface area contributed by atoms with Gasteiger partial charge in [0.1, 0.15) is 17.2 Å². The fourth-order valence-corrected chi connectivity index (χ4v) is 4.00. The molecule has 0 unspecified atom stereocenters. The fraction of sp³-hybridized carbons (Fsp3) is 0.308. The van der Waals surface area contributed by atoms with Crippen LogP contribution >= 0.6 is 0 Å². The second kappa shape index (κ2) is 10.9. The summed E-state index contributed by atoms with van der Waals surface area (Å²) in [5, 5.41) is 13.4. The third-order valence-electron chi connectivity index (χ3n) is 6.00. The number of aliphatic hydroxyl groups is 1. The van der Waals surface area contributed by atoms with Gasteiger partial charge in [-0.2, -0.15) is 0 Å². The van der Waals surface area contributed by atoms with Crippen molar-refractivity contribution in [3.63, 3.8) is 0 Å². The number of nitrogens with zero attached hydrogens (tertiary/aromatic N) is 2. The first-order chi connectivity index (χ1) is 17.4. The number of carbonyl (C=O) groups is 2. The van der Waals surface area contributed by atoms with Crippen molar-refractivity contribution in [3.05, 3.63) is 69.6 Å². The summed E-state index contributed by atoms with van der Waals surface area (Å²) in [5.74, 6) is 0.267. The van der Waals surface area contributed by atoms with Crippen LogP contribution in [-0.2, 0) is 4.74 Å². The molecule has 1 saturated heterocycles. The third kappa shape index (κ3) is 5.65. The van der Waals surface area contributed by atoms with Gasteiger partial charge >= 0.3 is 6.09 Å². The molecule has 1 fully saturated rings. The molecule has 0 saturated carbocycles. The molecule has 0 atom stereocenters. The number of rotatable bonds is 6. The molecule has 2 heterocycles. The Morgan fingerprint density at radius 1 is 1.17 bits per heavy atom. The Hall–Kier alpha value is -4.34. The van der Waals surface area contributed by atoms with Crippen molar-refractivity contribution in [2.24, 2.45) is 0 Å². The lowest BCUT2D eigenvalue weighted by Gasteiger charge is -2.31. The fourth-order valence-electron chi connectivity index (χ4n) is 4.00. The highest BCUT2D eigenvalue weighted by Crippen LogP contribution is 2.19.